The third-order valence-corrected chi connectivity index (χ3v) is 4.51. The van der Waals surface area contributed by atoms with Gasteiger partial charge in [0.1, 0.15) is 12.4 Å². The Morgan fingerprint density at radius 2 is 2.00 bits per heavy atom. The van der Waals surface area contributed by atoms with Crippen LogP contribution in [0, 0.1) is 0 Å². The zero-order valence-electron chi connectivity index (χ0n) is 9.00. The van der Waals surface area contributed by atoms with Gasteiger partial charge < -0.3 is 4.74 Å². The van der Waals surface area contributed by atoms with Crippen molar-refractivity contribution >= 4 is 10.0 Å². The molecule has 1 aromatic carbocycles. The second kappa shape index (κ2) is 4.84. The minimum absolute atomic E-state index is 0.276. The second-order valence-corrected chi connectivity index (χ2v) is 5.82. The number of para-hydroxylation sites is 1. The van der Waals surface area contributed by atoms with Crippen LogP contribution in [0.4, 0.5) is 0 Å². The highest BCUT2D eigenvalue weighted by Gasteiger charge is 2.27. The molecule has 1 heterocycles. The van der Waals surface area contributed by atoms with Gasteiger partial charge in [-0.1, -0.05) is 18.2 Å². The molecule has 1 aliphatic heterocycles. The van der Waals surface area contributed by atoms with Gasteiger partial charge >= 0.3 is 0 Å². The first-order chi connectivity index (χ1) is 7.68. The summed E-state index contributed by atoms with van der Waals surface area (Å²) in [5, 5.41) is 0. The van der Waals surface area contributed by atoms with E-state index in [9.17, 15) is 8.42 Å². The maximum absolute atomic E-state index is 11.5. The van der Waals surface area contributed by atoms with Gasteiger partial charge in [-0.2, -0.15) is 4.31 Å². The van der Waals surface area contributed by atoms with Crippen LogP contribution in [-0.2, 0) is 10.0 Å². The minimum atomic E-state index is -2.99. The lowest BCUT2D eigenvalue weighted by molar-refractivity contribution is 0.279. The predicted molar refractivity (Wildman–Crippen MR) is 61.9 cm³/mol. The summed E-state index contributed by atoms with van der Waals surface area (Å²) in [4.78, 5) is 0. The van der Waals surface area contributed by atoms with Crippen LogP contribution >= 0.6 is 0 Å². The van der Waals surface area contributed by atoms with E-state index >= 15 is 0 Å². The van der Waals surface area contributed by atoms with Gasteiger partial charge in [0.05, 0.1) is 5.75 Å². The average molecular weight is 241 g/mol. The van der Waals surface area contributed by atoms with Gasteiger partial charge in [-0.05, 0) is 18.6 Å². The van der Waals surface area contributed by atoms with Crippen molar-refractivity contribution in [2.45, 2.75) is 6.42 Å². The van der Waals surface area contributed by atoms with Gasteiger partial charge in [0, 0.05) is 13.1 Å². The van der Waals surface area contributed by atoms with E-state index in [1.807, 2.05) is 30.3 Å². The molecular formula is C11H15NO3S. The molecule has 0 N–H and O–H groups in total. The van der Waals surface area contributed by atoms with Crippen LogP contribution in [-0.4, -0.2) is 38.2 Å². The molecule has 0 unspecified atom stereocenters. The Morgan fingerprint density at radius 3 is 2.62 bits per heavy atom. The van der Waals surface area contributed by atoms with Crippen molar-refractivity contribution in [3.05, 3.63) is 30.3 Å². The molecule has 0 spiro atoms. The molecule has 16 heavy (non-hydrogen) atoms. The Labute approximate surface area is 95.9 Å². The SMILES string of the molecule is O=S1(=O)CCCN1CCOc1ccccc1. The van der Waals surface area contributed by atoms with Crippen LogP contribution in [0.3, 0.4) is 0 Å². The molecule has 1 aliphatic rings. The minimum Gasteiger partial charge on any atom is -0.492 e. The van der Waals surface area contributed by atoms with Gasteiger partial charge in [-0.25, -0.2) is 8.42 Å². The second-order valence-electron chi connectivity index (χ2n) is 3.73. The van der Waals surface area contributed by atoms with Gasteiger partial charge in [0.25, 0.3) is 0 Å². The quantitative estimate of drug-likeness (QED) is 0.793. The lowest BCUT2D eigenvalue weighted by Crippen LogP contribution is -2.30. The molecule has 0 aliphatic carbocycles. The predicted octanol–water partition coefficient (Wildman–Crippen LogP) is 1.10. The van der Waals surface area contributed by atoms with E-state index in [2.05, 4.69) is 0 Å². The fraction of sp³-hybridized carbons (Fsp3) is 0.455. The maximum Gasteiger partial charge on any atom is 0.214 e. The Morgan fingerprint density at radius 1 is 1.25 bits per heavy atom. The van der Waals surface area contributed by atoms with Crippen molar-refractivity contribution in [2.75, 3.05) is 25.4 Å². The molecule has 0 atom stereocenters. The summed E-state index contributed by atoms with van der Waals surface area (Å²) in [6.07, 6.45) is 0.730. The molecule has 88 valence electrons. The summed E-state index contributed by atoms with van der Waals surface area (Å²) in [5.74, 6) is 1.05. The van der Waals surface area contributed by atoms with Crippen LogP contribution in [0.5, 0.6) is 5.75 Å². The molecule has 5 heteroatoms. The van der Waals surface area contributed by atoms with Gasteiger partial charge in [0.2, 0.25) is 10.0 Å². The van der Waals surface area contributed by atoms with Crippen molar-refractivity contribution < 1.29 is 13.2 Å². The van der Waals surface area contributed by atoms with Gasteiger partial charge in [-0.15, -0.1) is 0 Å². The number of benzene rings is 1. The Balaban J connectivity index is 1.81. The highest BCUT2D eigenvalue weighted by Crippen LogP contribution is 2.13. The summed E-state index contributed by atoms with van der Waals surface area (Å²) in [6.45, 7) is 1.47. The van der Waals surface area contributed by atoms with Crippen LogP contribution in [0.25, 0.3) is 0 Å². The molecule has 4 nitrogen and oxygen atoms in total. The summed E-state index contributed by atoms with van der Waals surface area (Å²) < 4.78 is 29.9. The Kier molecular flexibility index (Phi) is 3.46. The van der Waals surface area contributed by atoms with Crippen molar-refractivity contribution in [2.24, 2.45) is 0 Å². The lowest BCUT2D eigenvalue weighted by Gasteiger charge is -2.14. The largest absolute Gasteiger partial charge is 0.492 e. The summed E-state index contributed by atoms with van der Waals surface area (Å²) in [7, 11) is -2.99. The molecule has 0 aromatic heterocycles. The zero-order valence-corrected chi connectivity index (χ0v) is 9.82. The Hall–Kier alpha value is -1.07. The first-order valence-corrected chi connectivity index (χ1v) is 6.95. The smallest absolute Gasteiger partial charge is 0.214 e. The van der Waals surface area contributed by atoms with E-state index in [0.717, 1.165) is 12.2 Å². The van der Waals surface area contributed by atoms with E-state index in [4.69, 9.17) is 4.74 Å². The number of rotatable bonds is 4. The maximum atomic E-state index is 11.5. The molecule has 0 amide bonds. The van der Waals surface area contributed by atoms with Crippen LogP contribution < -0.4 is 4.74 Å². The summed E-state index contributed by atoms with van der Waals surface area (Å²) in [5.41, 5.74) is 0. The van der Waals surface area contributed by atoms with E-state index in [1.54, 1.807) is 0 Å². The van der Waals surface area contributed by atoms with E-state index < -0.39 is 10.0 Å². The molecule has 1 fully saturated rings. The van der Waals surface area contributed by atoms with E-state index in [-0.39, 0.29) is 5.75 Å². The van der Waals surface area contributed by atoms with Crippen molar-refractivity contribution in [3.8, 4) is 5.75 Å². The van der Waals surface area contributed by atoms with Gasteiger partial charge in [0.15, 0.2) is 0 Å². The third-order valence-electron chi connectivity index (χ3n) is 2.56. The standard InChI is InChI=1S/C11H15NO3S/c13-16(14)10-4-7-12(16)8-9-15-11-5-2-1-3-6-11/h1-3,5-6H,4,7-10H2. The van der Waals surface area contributed by atoms with Crippen LogP contribution in [0.1, 0.15) is 6.42 Å². The number of sulfonamides is 1. The number of ether oxygens (including phenoxy) is 1. The lowest BCUT2D eigenvalue weighted by atomic mass is 10.3. The average Bonchev–Trinajstić information content (AvgIpc) is 2.60. The zero-order chi connectivity index (χ0) is 11.4. The molecule has 0 radical (unpaired) electrons. The molecule has 0 bridgehead atoms. The summed E-state index contributed by atoms with van der Waals surface area (Å²) >= 11 is 0. The van der Waals surface area contributed by atoms with Crippen molar-refractivity contribution in [1.29, 1.82) is 0 Å². The first-order valence-electron chi connectivity index (χ1n) is 5.34. The normalized spacial score (nSPS) is 19.8. The summed E-state index contributed by atoms with van der Waals surface area (Å²) in [6, 6.07) is 9.42. The van der Waals surface area contributed by atoms with Gasteiger partial charge in [-0.3, -0.25) is 0 Å². The molecule has 2 rings (SSSR count). The first kappa shape index (κ1) is 11.4. The number of hydrogen-bond acceptors (Lipinski definition) is 3. The fourth-order valence-corrected chi connectivity index (χ4v) is 3.24. The number of nitrogens with zero attached hydrogens (tertiary/aromatic N) is 1. The van der Waals surface area contributed by atoms with Crippen LogP contribution in [0.15, 0.2) is 30.3 Å². The topological polar surface area (TPSA) is 46.6 Å². The monoisotopic (exact) mass is 241 g/mol. The Bertz CT molecular complexity index is 430. The van der Waals surface area contributed by atoms with Crippen molar-refractivity contribution in [1.82, 2.24) is 4.31 Å². The van der Waals surface area contributed by atoms with Crippen molar-refractivity contribution in [3.63, 3.8) is 0 Å². The van der Waals surface area contributed by atoms with E-state index in [0.29, 0.717) is 19.7 Å². The molecule has 1 aromatic rings. The fourth-order valence-electron chi connectivity index (χ4n) is 1.72. The number of hydrogen-bond donors (Lipinski definition) is 0. The highest BCUT2D eigenvalue weighted by atomic mass is 32.2. The highest BCUT2D eigenvalue weighted by molar-refractivity contribution is 7.89. The molecule has 1 saturated heterocycles. The van der Waals surface area contributed by atoms with Crippen LogP contribution in [0.2, 0.25) is 0 Å². The molecule has 0 saturated carbocycles. The van der Waals surface area contributed by atoms with E-state index in [1.165, 1.54) is 4.31 Å². The molecular weight excluding hydrogens is 226 g/mol. The third kappa shape index (κ3) is 2.74.